The van der Waals surface area contributed by atoms with Gasteiger partial charge in [0.05, 0.1) is 17.1 Å². The van der Waals surface area contributed by atoms with Crippen molar-refractivity contribution in [3.8, 4) is 0 Å². The fourth-order valence-electron chi connectivity index (χ4n) is 3.87. The minimum Gasteiger partial charge on any atom is -0.377 e. The second-order valence-corrected chi connectivity index (χ2v) is 8.57. The molecule has 4 aromatic rings. The molecular weight excluding hydrogens is 475 g/mol. The summed E-state index contributed by atoms with van der Waals surface area (Å²) in [6.07, 6.45) is -2.94. The molecule has 2 aromatic carbocycles. The largest absolute Gasteiger partial charge is 0.449 e. The molecule has 0 radical (unpaired) electrons. The van der Waals surface area contributed by atoms with E-state index in [0.29, 0.717) is 36.1 Å². The number of hydrogen-bond donors (Lipinski definition) is 2. The topological polar surface area (TPSA) is 104 Å². The van der Waals surface area contributed by atoms with Crippen molar-refractivity contribution in [3.05, 3.63) is 76.9 Å². The lowest BCUT2D eigenvalue weighted by atomic mass is 10.0. The number of aromatic nitrogens is 3. The minimum absolute atomic E-state index is 0.0559. The number of hydrogen-bond acceptors (Lipinski definition) is 6. The maximum absolute atomic E-state index is 13.1. The Hall–Kier alpha value is -4.15. The van der Waals surface area contributed by atoms with Crippen LogP contribution in [0.15, 0.2) is 53.1 Å². The van der Waals surface area contributed by atoms with Crippen LogP contribution in [0.1, 0.15) is 39.6 Å². The van der Waals surface area contributed by atoms with Crippen LogP contribution in [0.3, 0.4) is 0 Å². The van der Waals surface area contributed by atoms with Crippen molar-refractivity contribution in [2.75, 3.05) is 19.0 Å². The van der Waals surface area contributed by atoms with Crippen molar-refractivity contribution in [2.45, 2.75) is 31.5 Å². The first-order valence-electron chi connectivity index (χ1n) is 11.2. The van der Waals surface area contributed by atoms with Crippen molar-refractivity contribution in [1.29, 1.82) is 0 Å². The molecule has 188 valence electrons. The smallest absolute Gasteiger partial charge is 0.377 e. The number of benzene rings is 2. The number of fused-ring (bicyclic) bond motifs is 1. The van der Waals surface area contributed by atoms with Crippen molar-refractivity contribution >= 4 is 28.9 Å². The number of alkyl halides is 3. The summed E-state index contributed by atoms with van der Waals surface area (Å²) in [6, 6.07) is 13.4. The molecule has 1 atom stereocenters. The van der Waals surface area contributed by atoms with Gasteiger partial charge in [0.25, 0.3) is 5.91 Å². The van der Waals surface area contributed by atoms with Gasteiger partial charge in [-0.05, 0) is 36.1 Å². The second-order valence-electron chi connectivity index (χ2n) is 8.57. The number of carbonyl (C=O) groups is 2. The standard InChI is InChI=1S/C25H24F3N5O3/c1-33(2)22-13-20-19(30-24(31-20)25(26,27)28)11-16(22)8-9-17(14-34)29-23(35)21-12-18(36-32-21)10-15-6-4-3-5-7-15/h3-7,11-14,17H,8-10H2,1-2H3,(H,29,35)(H,30,31)/t17-/m0/s1. The molecule has 0 saturated heterocycles. The minimum atomic E-state index is -4.59. The number of anilines is 1. The van der Waals surface area contributed by atoms with E-state index in [-0.39, 0.29) is 23.1 Å². The number of aromatic amines is 1. The highest BCUT2D eigenvalue weighted by molar-refractivity contribution is 5.93. The van der Waals surface area contributed by atoms with Crippen LogP contribution in [0.2, 0.25) is 0 Å². The normalized spacial score (nSPS) is 12.5. The highest BCUT2D eigenvalue weighted by Gasteiger charge is 2.35. The van der Waals surface area contributed by atoms with Gasteiger partial charge < -0.3 is 24.5 Å². The number of imidazole rings is 1. The molecule has 0 saturated carbocycles. The van der Waals surface area contributed by atoms with Gasteiger partial charge in [-0.2, -0.15) is 13.2 Å². The molecule has 0 aliphatic heterocycles. The van der Waals surface area contributed by atoms with Gasteiger partial charge in [-0.25, -0.2) is 4.98 Å². The Balaban J connectivity index is 1.44. The van der Waals surface area contributed by atoms with E-state index in [4.69, 9.17) is 4.52 Å². The van der Waals surface area contributed by atoms with Crippen LogP contribution < -0.4 is 10.2 Å². The van der Waals surface area contributed by atoms with Gasteiger partial charge in [-0.15, -0.1) is 0 Å². The van der Waals surface area contributed by atoms with Gasteiger partial charge in [-0.1, -0.05) is 35.5 Å². The van der Waals surface area contributed by atoms with Crippen LogP contribution in [0.5, 0.6) is 0 Å². The summed E-state index contributed by atoms with van der Waals surface area (Å²) in [4.78, 5) is 32.0. The van der Waals surface area contributed by atoms with E-state index in [1.165, 1.54) is 6.07 Å². The Morgan fingerprint density at radius 2 is 1.94 bits per heavy atom. The highest BCUT2D eigenvalue weighted by Crippen LogP contribution is 2.31. The van der Waals surface area contributed by atoms with E-state index in [9.17, 15) is 22.8 Å². The van der Waals surface area contributed by atoms with Crippen LogP contribution in [0, 0.1) is 0 Å². The SMILES string of the molecule is CN(C)c1cc2nc(C(F)(F)F)[nH]c2cc1CC[C@@H](C=O)NC(=O)c1cc(Cc2ccccc2)on1. The molecule has 2 aromatic heterocycles. The third-order valence-corrected chi connectivity index (χ3v) is 5.65. The Kier molecular flexibility index (Phi) is 7.09. The van der Waals surface area contributed by atoms with Gasteiger partial charge in [0.1, 0.15) is 12.0 Å². The molecule has 2 N–H and O–H groups in total. The number of nitrogens with zero attached hydrogens (tertiary/aromatic N) is 3. The molecule has 0 bridgehead atoms. The quantitative estimate of drug-likeness (QED) is 0.335. The van der Waals surface area contributed by atoms with E-state index < -0.39 is 23.9 Å². The molecule has 0 spiro atoms. The molecular formula is C25H24F3N5O3. The molecule has 8 nitrogen and oxygen atoms in total. The fraction of sp³-hybridized carbons (Fsp3) is 0.280. The van der Waals surface area contributed by atoms with Crippen molar-refractivity contribution < 1.29 is 27.3 Å². The summed E-state index contributed by atoms with van der Waals surface area (Å²) in [6.45, 7) is 0. The number of nitrogens with one attached hydrogen (secondary N) is 2. The Bertz CT molecular complexity index is 1360. The number of aryl methyl sites for hydroxylation is 1. The molecule has 36 heavy (non-hydrogen) atoms. The van der Waals surface area contributed by atoms with Crippen LogP contribution in [-0.4, -0.2) is 47.5 Å². The Labute approximate surface area is 204 Å². The zero-order valence-corrected chi connectivity index (χ0v) is 19.6. The predicted octanol–water partition coefficient (Wildman–Crippen LogP) is 4.16. The highest BCUT2D eigenvalue weighted by atomic mass is 19.4. The number of amides is 1. The average Bonchev–Trinajstić information content (AvgIpc) is 3.48. The van der Waals surface area contributed by atoms with Gasteiger partial charge >= 0.3 is 6.18 Å². The monoisotopic (exact) mass is 499 g/mol. The van der Waals surface area contributed by atoms with E-state index in [0.717, 1.165) is 5.56 Å². The van der Waals surface area contributed by atoms with Crippen molar-refractivity contribution in [1.82, 2.24) is 20.4 Å². The van der Waals surface area contributed by atoms with E-state index in [2.05, 4.69) is 20.4 Å². The Morgan fingerprint density at radius 1 is 1.19 bits per heavy atom. The lowest BCUT2D eigenvalue weighted by molar-refractivity contribution is -0.144. The molecule has 4 rings (SSSR count). The van der Waals surface area contributed by atoms with Crippen LogP contribution in [-0.2, 0) is 23.8 Å². The third kappa shape index (κ3) is 5.73. The van der Waals surface area contributed by atoms with Crippen LogP contribution >= 0.6 is 0 Å². The van der Waals surface area contributed by atoms with Crippen LogP contribution in [0.25, 0.3) is 11.0 Å². The second kappa shape index (κ2) is 10.2. The average molecular weight is 499 g/mol. The lowest BCUT2D eigenvalue weighted by Crippen LogP contribution is -2.36. The van der Waals surface area contributed by atoms with Gasteiger partial charge in [0, 0.05) is 32.3 Å². The zero-order chi connectivity index (χ0) is 25.9. The fourth-order valence-corrected chi connectivity index (χ4v) is 3.87. The first kappa shape index (κ1) is 25.0. The van der Waals surface area contributed by atoms with E-state index in [1.807, 2.05) is 30.3 Å². The van der Waals surface area contributed by atoms with Crippen molar-refractivity contribution in [3.63, 3.8) is 0 Å². The summed E-state index contributed by atoms with van der Waals surface area (Å²) in [7, 11) is 3.52. The zero-order valence-electron chi connectivity index (χ0n) is 19.6. The number of carbonyl (C=O) groups excluding carboxylic acids is 2. The number of aldehydes is 1. The number of rotatable bonds is 9. The van der Waals surface area contributed by atoms with E-state index >= 15 is 0 Å². The first-order chi connectivity index (χ1) is 17.1. The number of H-pyrrole nitrogens is 1. The molecule has 0 aliphatic rings. The maximum atomic E-state index is 13.1. The summed E-state index contributed by atoms with van der Waals surface area (Å²) in [5.41, 5.74) is 2.86. The summed E-state index contributed by atoms with van der Waals surface area (Å²) in [5.74, 6) is -1.12. The summed E-state index contributed by atoms with van der Waals surface area (Å²) < 4.78 is 44.4. The molecule has 0 aliphatic carbocycles. The summed E-state index contributed by atoms with van der Waals surface area (Å²) in [5, 5.41) is 6.43. The lowest BCUT2D eigenvalue weighted by Gasteiger charge is -2.19. The number of halogens is 3. The molecule has 0 fully saturated rings. The summed E-state index contributed by atoms with van der Waals surface area (Å²) >= 11 is 0. The van der Waals surface area contributed by atoms with Gasteiger partial charge in [-0.3, -0.25) is 4.79 Å². The molecule has 0 unspecified atom stereocenters. The predicted molar refractivity (Wildman–Crippen MR) is 127 cm³/mol. The molecule has 1 amide bonds. The molecule has 2 heterocycles. The maximum Gasteiger partial charge on any atom is 0.449 e. The van der Waals surface area contributed by atoms with Crippen LogP contribution in [0.4, 0.5) is 18.9 Å². The third-order valence-electron chi connectivity index (χ3n) is 5.65. The first-order valence-corrected chi connectivity index (χ1v) is 11.2. The van der Waals surface area contributed by atoms with Gasteiger partial charge in [0.2, 0.25) is 5.82 Å². The van der Waals surface area contributed by atoms with Gasteiger partial charge in [0.15, 0.2) is 5.69 Å². The Morgan fingerprint density at radius 3 is 2.61 bits per heavy atom. The van der Waals surface area contributed by atoms with E-state index in [1.54, 1.807) is 31.1 Å². The molecule has 11 heteroatoms. The van der Waals surface area contributed by atoms with Crippen molar-refractivity contribution in [2.24, 2.45) is 0 Å².